The van der Waals surface area contributed by atoms with E-state index in [1.54, 1.807) is 7.11 Å². The molecule has 0 saturated carbocycles. The molecule has 1 aromatic rings. The van der Waals surface area contributed by atoms with E-state index in [9.17, 15) is 4.79 Å². The number of ether oxygens (including phenoxy) is 1. The molecule has 16 heavy (non-hydrogen) atoms. The molecule has 0 aliphatic carbocycles. The minimum Gasteiger partial charge on any atom is -0.497 e. The third-order valence-corrected chi connectivity index (χ3v) is 2.66. The maximum atomic E-state index is 11.0. The Morgan fingerprint density at radius 2 is 1.81 bits per heavy atom. The van der Waals surface area contributed by atoms with Crippen LogP contribution in [0.5, 0.6) is 5.75 Å². The van der Waals surface area contributed by atoms with Crippen LogP contribution in [0.25, 0.3) is 5.70 Å². The SMILES string of the molecule is COc1ccc(C(NC(C)=O)=C(Br)Br)cc1. The van der Waals surface area contributed by atoms with Crippen molar-refractivity contribution in [2.45, 2.75) is 6.92 Å². The summed E-state index contributed by atoms with van der Waals surface area (Å²) in [6.45, 7) is 1.46. The van der Waals surface area contributed by atoms with Gasteiger partial charge in [-0.15, -0.1) is 0 Å². The van der Waals surface area contributed by atoms with Gasteiger partial charge in [0, 0.05) is 6.92 Å². The van der Waals surface area contributed by atoms with Gasteiger partial charge < -0.3 is 10.1 Å². The number of amides is 1. The van der Waals surface area contributed by atoms with Crippen molar-refractivity contribution in [3.63, 3.8) is 0 Å². The molecule has 0 bridgehead atoms. The summed E-state index contributed by atoms with van der Waals surface area (Å²) in [6.07, 6.45) is 0. The Labute approximate surface area is 111 Å². The van der Waals surface area contributed by atoms with Crippen LogP contribution in [0.3, 0.4) is 0 Å². The molecule has 0 saturated heterocycles. The van der Waals surface area contributed by atoms with Crippen LogP contribution >= 0.6 is 31.9 Å². The number of rotatable bonds is 3. The zero-order chi connectivity index (χ0) is 12.1. The highest BCUT2D eigenvalue weighted by atomic mass is 79.9. The molecule has 0 atom stereocenters. The Balaban J connectivity index is 3.03. The summed E-state index contributed by atoms with van der Waals surface area (Å²) >= 11 is 6.58. The Morgan fingerprint density at radius 1 is 1.25 bits per heavy atom. The monoisotopic (exact) mass is 347 g/mol. The Hall–Kier alpha value is -0.810. The topological polar surface area (TPSA) is 38.3 Å². The average molecular weight is 349 g/mol. The zero-order valence-corrected chi connectivity index (χ0v) is 12.1. The lowest BCUT2D eigenvalue weighted by Gasteiger charge is -2.09. The van der Waals surface area contributed by atoms with Crippen molar-refractivity contribution in [3.8, 4) is 5.75 Å². The standard InChI is InChI=1S/C11H11Br2NO2/c1-7(15)14-10(11(12)13)8-3-5-9(16-2)6-4-8/h3-6H,1-2H3,(H,14,15). The fourth-order valence-electron chi connectivity index (χ4n) is 1.16. The highest BCUT2D eigenvalue weighted by Gasteiger charge is 2.07. The van der Waals surface area contributed by atoms with Crippen molar-refractivity contribution in [1.29, 1.82) is 0 Å². The summed E-state index contributed by atoms with van der Waals surface area (Å²) in [5.74, 6) is 0.652. The molecular weight excluding hydrogens is 338 g/mol. The molecule has 1 amide bonds. The van der Waals surface area contributed by atoms with Gasteiger partial charge in [0.2, 0.25) is 5.91 Å². The fraction of sp³-hybridized carbons (Fsp3) is 0.182. The van der Waals surface area contributed by atoms with Crippen molar-refractivity contribution >= 4 is 43.5 Å². The molecule has 0 fully saturated rings. The Bertz CT molecular complexity index is 408. The Morgan fingerprint density at radius 3 is 2.19 bits per heavy atom. The van der Waals surface area contributed by atoms with Gasteiger partial charge in [0.15, 0.2) is 0 Å². The second-order valence-corrected chi connectivity index (χ2v) is 5.70. The van der Waals surface area contributed by atoms with E-state index in [1.807, 2.05) is 24.3 Å². The smallest absolute Gasteiger partial charge is 0.221 e. The van der Waals surface area contributed by atoms with Crippen molar-refractivity contribution < 1.29 is 9.53 Å². The van der Waals surface area contributed by atoms with Crippen LogP contribution in [0.1, 0.15) is 12.5 Å². The van der Waals surface area contributed by atoms with E-state index in [-0.39, 0.29) is 5.91 Å². The van der Waals surface area contributed by atoms with Crippen LogP contribution in [-0.2, 0) is 4.79 Å². The second-order valence-electron chi connectivity index (χ2n) is 3.05. The summed E-state index contributed by atoms with van der Waals surface area (Å²) in [5, 5.41) is 2.74. The lowest BCUT2D eigenvalue weighted by atomic mass is 10.1. The predicted molar refractivity (Wildman–Crippen MR) is 71.6 cm³/mol. The molecule has 1 aromatic carbocycles. The fourth-order valence-corrected chi connectivity index (χ4v) is 1.82. The van der Waals surface area contributed by atoms with Crippen LogP contribution in [0.15, 0.2) is 27.7 Å². The van der Waals surface area contributed by atoms with Gasteiger partial charge in [-0.1, -0.05) is 0 Å². The minimum atomic E-state index is -0.123. The lowest BCUT2D eigenvalue weighted by molar-refractivity contribution is -0.117. The number of hydrogen-bond donors (Lipinski definition) is 1. The van der Waals surface area contributed by atoms with Gasteiger partial charge in [-0.05, 0) is 61.7 Å². The average Bonchev–Trinajstić information content (AvgIpc) is 2.25. The highest BCUT2D eigenvalue weighted by molar-refractivity contribution is 9.28. The van der Waals surface area contributed by atoms with Crippen molar-refractivity contribution in [2.24, 2.45) is 0 Å². The first-order chi connectivity index (χ1) is 7.54. The summed E-state index contributed by atoms with van der Waals surface area (Å²) in [5.41, 5.74) is 1.58. The zero-order valence-electron chi connectivity index (χ0n) is 8.88. The van der Waals surface area contributed by atoms with Gasteiger partial charge in [-0.3, -0.25) is 4.79 Å². The van der Waals surface area contributed by atoms with Crippen molar-refractivity contribution in [2.75, 3.05) is 7.11 Å². The van der Waals surface area contributed by atoms with E-state index < -0.39 is 0 Å². The molecule has 1 N–H and O–H groups in total. The lowest BCUT2D eigenvalue weighted by Crippen LogP contribution is -2.18. The van der Waals surface area contributed by atoms with Crippen LogP contribution < -0.4 is 10.1 Å². The first kappa shape index (κ1) is 13.3. The summed E-state index contributed by atoms with van der Waals surface area (Å²) < 4.78 is 5.76. The van der Waals surface area contributed by atoms with E-state index >= 15 is 0 Å². The first-order valence-corrected chi connectivity index (χ1v) is 6.10. The van der Waals surface area contributed by atoms with Crippen LogP contribution in [0, 0.1) is 0 Å². The number of benzene rings is 1. The number of carbonyl (C=O) groups is 1. The maximum Gasteiger partial charge on any atom is 0.221 e. The number of carbonyl (C=O) groups excluding carboxylic acids is 1. The van der Waals surface area contributed by atoms with Gasteiger partial charge in [-0.2, -0.15) is 0 Å². The summed E-state index contributed by atoms with van der Waals surface area (Å²) in [7, 11) is 1.61. The van der Waals surface area contributed by atoms with E-state index in [2.05, 4.69) is 37.2 Å². The molecule has 0 spiro atoms. The van der Waals surface area contributed by atoms with Gasteiger partial charge >= 0.3 is 0 Å². The first-order valence-electron chi connectivity index (χ1n) is 4.52. The highest BCUT2D eigenvalue weighted by Crippen LogP contribution is 2.26. The second kappa shape index (κ2) is 6.06. The molecule has 1 rings (SSSR count). The van der Waals surface area contributed by atoms with Crippen LogP contribution in [0.2, 0.25) is 0 Å². The van der Waals surface area contributed by atoms with E-state index in [0.717, 1.165) is 11.3 Å². The van der Waals surface area contributed by atoms with Gasteiger partial charge in [0.05, 0.1) is 16.2 Å². The normalized spacial score (nSPS) is 9.50. The maximum absolute atomic E-state index is 11.0. The van der Waals surface area contributed by atoms with Crippen molar-refractivity contribution in [3.05, 3.63) is 33.2 Å². The van der Waals surface area contributed by atoms with E-state index in [1.165, 1.54) is 6.92 Å². The molecule has 0 aromatic heterocycles. The molecule has 0 radical (unpaired) electrons. The number of halogens is 2. The molecule has 0 aliphatic heterocycles. The molecule has 3 nitrogen and oxygen atoms in total. The van der Waals surface area contributed by atoms with Crippen LogP contribution in [0.4, 0.5) is 0 Å². The number of methoxy groups -OCH3 is 1. The van der Waals surface area contributed by atoms with E-state index in [4.69, 9.17) is 4.74 Å². The molecule has 0 heterocycles. The molecule has 86 valence electrons. The minimum absolute atomic E-state index is 0.123. The predicted octanol–water partition coefficient (Wildman–Crippen LogP) is 3.25. The summed E-state index contributed by atoms with van der Waals surface area (Å²) in [4.78, 5) is 11.0. The van der Waals surface area contributed by atoms with Gasteiger partial charge in [-0.25, -0.2) is 0 Å². The molecule has 0 unspecified atom stereocenters. The quantitative estimate of drug-likeness (QED) is 0.910. The third kappa shape index (κ3) is 3.64. The number of hydrogen-bond acceptors (Lipinski definition) is 2. The molecular formula is C11H11Br2NO2. The third-order valence-electron chi connectivity index (χ3n) is 1.87. The largest absolute Gasteiger partial charge is 0.497 e. The van der Waals surface area contributed by atoms with Gasteiger partial charge in [0.25, 0.3) is 0 Å². The van der Waals surface area contributed by atoms with E-state index in [0.29, 0.717) is 9.09 Å². The molecule has 5 heteroatoms. The summed E-state index contributed by atoms with van der Waals surface area (Å²) in [6, 6.07) is 7.40. The Kier molecular flexibility index (Phi) is 5.02. The molecule has 0 aliphatic rings. The van der Waals surface area contributed by atoms with Crippen LogP contribution in [-0.4, -0.2) is 13.0 Å². The number of nitrogens with one attached hydrogen (secondary N) is 1. The van der Waals surface area contributed by atoms with Crippen molar-refractivity contribution in [1.82, 2.24) is 5.32 Å². The van der Waals surface area contributed by atoms with Gasteiger partial charge in [0.1, 0.15) is 5.75 Å².